The molecule has 1 saturated heterocycles. The van der Waals surface area contributed by atoms with Crippen LogP contribution in [0.15, 0.2) is 24.3 Å². The lowest BCUT2D eigenvalue weighted by Gasteiger charge is -2.36. The summed E-state index contributed by atoms with van der Waals surface area (Å²) < 4.78 is 26.2. The molecule has 1 fully saturated rings. The second-order valence-electron chi connectivity index (χ2n) is 5.75. The van der Waals surface area contributed by atoms with Gasteiger partial charge in [-0.1, -0.05) is 36.5 Å². The fourth-order valence-corrected chi connectivity index (χ4v) is 4.29. The molecule has 2 rings (SSSR count). The van der Waals surface area contributed by atoms with Crippen molar-refractivity contribution in [3.05, 3.63) is 35.4 Å². The Kier molecular flexibility index (Phi) is 4.67. The summed E-state index contributed by atoms with van der Waals surface area (Å²) in [6.07, 6.45) is 1.30. The maximum Gasteiger partial charge on any atom is 0.218 e. The van der Waals surface area contributed by atoms with Crippen LogP contribution in [0.3, 0.4) is 0 Å². The molecule has 116 valence electrons. The minimum absolute atomic E-state index is 0.0826. The average molecular weight is 328 g/mol. The summed E-state index contributed by atoms with van der Waals surface area (Å²) in [6.45, 7) is 2.29. The lowest BCUT2D eigenvalue weighted by atomic mass is 9.97. The molecule has 1 unspecified atom stereocenters. The Morgan fingerprint density at radius 1 is 1.43 bits per heavy atom. The van der Waals surface area contributed by atoms with Crippen molar-refractivity contribution in [3.63, 3.8) is 0 Å². The van der Waals surface area contributed by atoms with Gasteiger partial charge in [0.2, 0.25) is 10.0 Å². The molecule has 0 bridgehead atoms. The van der Waals surface area contributed by atoms with Crippen LogP contribution in [0.25, 0.3) is 0 Å². The number of nitrogens with two attached hydrogens (primary N) is 1. The van der Waals surface area contributed by atoms with E-state index in [1.807, 2.05) is 0 Å². The smallest absolute Gasteiger partial charge is 0.218 e. The zero-order valence-electron chi connectivity index (χ0n) is 11.9. The standard InChI is InChI=1S/C14H20N2O3S2/c1-14(17)7-2-8-16(10-14)21(18,19)9-11-3-5-12(6-4-11)13(15)20/h3-6,17H,2,7-10H2,1H3,(H2,15,20). The van der Waals surface area contributed by atoms with Crippen LogP contribution in [0, 0.1) is 0 Å². The third-order valence-electron chi connectivity index (χ3n) is 3.62. The van der Waals surface area contributed by atoms with Gasteiger partial charge in [-0.15, -0.1) is 0 Å². The van der Waals surface area contributed by atoms with E-state index in [0.717, 1.165) is 0 Å². The number of nitrogens with zero attached hydrogens (tertiary/aromatic N) is 1. The second-order valence-corrected chi connectivity index (χ2v) is 8.16. The molecule has 3 N–H and O–H groups in total. The zero-order valence-corrected chi connectivity index (χ0v) is 13.6. The number of thiocarbonyl (C=S) groups is 1. The number of rotatable bonds is 4. The predicted octanol–water partition coefficient (Wildman–Crippen LogP) is 0.997. The third-order valence-corrected chi connectivity index (χ3v) is 5.65. The highest BCUT2D eigenvalue weighted by Gasteiger charge is 2.34. The molecule has 0 aliphatic carbocycles. The van der Waals surface area contributed by atoms with E-state index in [1.165, 1.54) is 4.31 Å². The van der Waals surface area contributed by atoms with Gasteiger partial charge >= 0.3 is 0 Å². The van der Waals surface area contributed by atoms with Crippen molar-refractivity contribution in [1.29, 1.82) is 0 Å². The van der Waals surface area contributed by atoms with Crippen LogP contribution in [0.4, 0.5) is 0 Å². The second kappa shape index (κ2) is 6.00. The molecule has 5 nitrogen and oxygen atoms in total. The first-order valence-corrected chi connectivity index (χ1v) is 8.80. The van der Waals surface area contributed by atoms with Crippen LogP contribution in [0.2, 0.25) is 0 Å². The third kappa shape index (κ3) is 4.23. The molecule has 1 aliphatic heterocycles. The van der Waals surface area contributed by atoms with E-state index in [2.05, 4.69) is 0 Å². The van der Waals surface area contributed by atoms with E-state index in [4.69, 9.17) is 18.0 Å². The molecule has 0 amide bonds. The highest BCUT2D eigenvalue weighted by atomic mass is 32.2. The van der Waals surface area contributed by atoms with Gasteiger partial charge in [0.05, 0.1) is 11.4 Å². The number of piperidine rings is 1. The Morgan fingerprint density at radius 3 is 2.57 bits per heavy atom. The molecule has 0 radical (unpaired) electrons. The molecule has 1 atom stereocenters. The van der Waals surface area contributed by atoms with E-state index in [9.17, 15) is 13.5 Å². The van der Waals surface area contributed by atoms with Gasteiger partial charge in [0.1, 0.15) is 4.99 Å². The van der Waals surface area contributed by atoms with Crippen molar-refractivity contribution < 1.29 is 13.5 Å². The Morgan fingerprint density at radius 2 is 2.05 bits per heavy atom. The maximum atomic E-state index is 12.4. The number of benzene rings is 1. The van der Waals surface area contributed by atoms with Gasteiger partial charge in [0.15, 0.2) is 0 Å². The normalized spacial score (nSPS) is 23.9. The highest BCUT2D eigenvalue weighted by molar-refractivity contribution is 7.88. The van der Waals surface area contributed by atoms with Crippen LogP contribution < -0.4 is 5.73 Å². The molecule has 0 saturated carbocycles. The Bertz CT molecular complexity index is 624. The summed E-state index contributed by atoms with van der Waals surface area (Å²) >= 11 is 4.87. The van der Waals surface area contributed by atoms with Crippen LogP contribution in [-0.2, 0) is 15.8 Å². The zero-order chi connectivity index (χ0) is 15.7. The first-order valence-electron chi connectivity index (χ1n) is 6.79. The molecule has 21 heavy (non-hydrogen) atoms. The van der Waals surface area contributed by atoms with Crippen molar-refractivity contribution in [2.75, 3.05) is 13.1 Å². The first-order chi connectivity index (χ1) is 9.70. The summed E-state index contributed by atoms with van der Waals surface area (Å²) in [6, 6.07) is 6.88. The summed E-state index contributed by atoms with van der Waals surface area (Å²) in [4.78, 5) is 0.288. The molecule has 0 aromatic heterocycles. The Hall–Kier alpha value is -1.02. The monoisotopic (exact) mass is 328 g/mol. The number of hydrogen-bond donors (Lipinski definition) is 2. The number of aliphatic hydroxyl groups is 1. The summed E-state index contributed by atoms with van der Waals surface area (Å²) in [5.74, 6) is -0.0826. The van der Waals surface area contributed by atoms with Crippen molar-refractivity contribution >= 4 is 27.2 Å². The highest BCUT2D eigenvalue weighted by Crippen LogP contribution is 2.24. The predicted molar refractivity (Wildman–Crippen MR) is 86.4 cm³/mol. The molecular weight excluding hydrogens is 308 g/mol. The van der Waals surface area contributed by atoms with Crippen LogP contribution >= 0.6 is 12.2 Å². The molecule has 1 aliphatic rings. The van der Waals surface area contributed by atoms with Crippen LogP contribution in [0.5, 0.6) is 0 Å². The minimum atomic E-state index is -3.43. The Labute approximate surface area is 130 Å². The minimum Gasteiger partial charge on any atom is -0.389 e. The van der Waals surface area contributed by atoms with Crippen molar-refractivity contribution in [3.8, 4) is 0 Å². The lowest BCUT2D eigenvalue weighted by Crippen LogP contribution is -2.48. The summed E-state index contributed by atoms with van der Waals surface area (Å²) in [5.41, 5.74) is 5.97. The number of hydrogen-bond acceptors (Lipinski definition) is 4. The van der Waals surface area contributed by atoms with E-state index in [1.54, 1.807) is 31.2 Å². The molecule has 1 aromatic rings. The molecule has 1 aromatic carbocycles. The van der Waals surface area contributed by atoms with Crippen LogP contribution in [0.1, 0.15) is 30.9 Å². The SMILES string of the molecule is CC1(O)CCCN(S(=O)(=O)Cc2ccc(C(N)=S)cc2)C1. The van der Waals surface area contributed by atoms with Gasteiger partial charge in [-0.05, 0) is 25.3 Å². The Balaban J connectivity index is 2.12. The summed E-state index contributed by atoms with van der Waals surface area (Å²) in [7, 11) is -3.43. The van der Waals surface area contributed by atoms with Gasteiger partial charge in [-0.25, -0.2) is 8.42 Å². The molecular formula is C14H20N2O3S2. The van der Waals surface area contributed by atoms with Crippen molar-refractivity contribution in [1.82, 2.24) is 4.31 Å². The number of β-amino-alcohol motifs (C(OH)–C–C–N with tert-alkyl or cyclic N) is 1. The fourth-order valence-electron chi connectivity index (χ4n) is 2.48. The van der Waals surface area contributed by atoms with Crippen LogP contribution in [-0.4, -0.2) is 41.5 Å². The average Bonchev–Trinajstić information content (AvgIpc) is 2.37. The largest absolute Gasteiger partial charge is 0.389 e. The van der Waals surface area contributed by atoms with E-state index >= 15 is 0 Å². The first kappa shape index (κ1) is 16.4. The quantitative estimate of drug-likeness (QED) is 0.806. The lowest BCUT2D eigenvalue weighted by molar-refractivity contribution is 0.00935. The number of sulfonamides is 1. The van der Waals surface area contributed by atoms with Gasteiger partial charge in [-0.3, -0.25) is 0 Å². The van der Waals surface area contributed by atoms with Gasteiger partial charge in [-0.2, -0.15) is 4.31 Å². The van der Waals surface area contributed by atoms with Gasteiger partial charge in [0, 0.05) is 18.7 Å². The van der Waals surface area contributed by atoms with Gasteiger partial charge in [0.25, 0.3) is 0 Å². The van der Waals surface area contributed by atoms with E-state index in [0.29, 0.717) is 30.5 Å². The van der Waals surface area contributed by atoms with Crippen molar-refractivity contribution in [2.24, 2.45) is 5.73 Å². The van der Waals surface area contributed by atoms with Gasteiger partial charge < -0.3 is 10.8 Å². The van der Waals surface area contributed by atoms with Crippen molar-refractivity contribution in [2.45, 2.75) is 31.1 Å². The molecule has 7 heteroatoms. The molecule has 0 spiro atoms. The maximum absolute atomic E-state index is 12.4. The van der Waals surface area contributed by atoms with E-state index in [-0.39, 0.29) is 17.3 Å². The molecule has 1 heterocycles. The summed E-state index contributed by atoms with van der Waals surface area (Å²) in [5, 5.41) is 10.0. The van der Waals surface area contributed by atoms with E-state index < -0.39 is 15.6 Å². The fraction of sp³-hybridized carbons (Fsp3) is 0.500. The topological polar surface area (TPSA) is 83.6 Å².